The van der Waals surface area contributed by atoms with Gasteiger partial charge in [0.1, 0.15) is 6.54 Å². The number of carbonyl (C=O) groups excluding carboxylic acids is 3. The second-order valence-electron chi connectivity index (χ2n) is 9.65. The summed E-state index contributed by atoms with van der Waals surface area (Å²) in [6.07, 6.45) is 1.40. The molecule has 0 saturated carbocycles. The Morgan fingerprint density at radius 2 is 1.67 bits per heavy atom. The molecular formula is C29H25BrN6O3. The van der Waals surface area contributed by atoms with E-state index in [0.29, 0.717) is 12.1 Å². The maximum Gasteiger partial charge on any atom is 0.264 e. The number of amides is 3. The predicted octanol–water partition coefficient (Wildman–Crippen LogP) is 4.68. The molecule has 3 aromatic carbocycles. The van der Waals surface area contributed by atoms with Crippen LogP contribution in [0.5, 0.6) is 0 Å². The largest absolute Gasteiger partial charge is 0.271 e. The van der Waals surface area contributed by atoms with E-state index in [-0.39, 0.29) is 18.5 Å². The highest BCUT2D eigenvalue weighted by molar-refractivity contribution is 9.10. The molecular weight excluding hydrogens is 560 g/mol. The monoisotopic (exact) mass is 584 g/mol. The van der Waals surface area contributed by atoms with Crippen molar-refractivity contribution in [3.8, 4) is 0 Å². The van der Waals surface area contributed by atoms with Gasteiger partial charge in [0, 0.05) is 10.9 Å². The maximum atomic E-state index is 13.7. The Balaban J connectivity index is 1.24. The lowest BCUT2D eigenvalue weighted by Crippen LogP contribution is -2.44. The highest BCUT2D eigenvalue weighted by atomic mass is 79.9. The van der Waals surface area contributed by atoms with Gasteiger partial charge in [0.05, 0.1) is 17.4 Å². The van der Waals surface area contributed by atoms with Gasteiger partial charge >= 0.3 is 0 Å². The number of hydrogen-bond acceptors (Lipinski definition) is 7. The van der Waals surface area contributed by atoms with Crippen LogP contribution in [-0.4, -0.2) is 52.1 Å². The van der Waals surface area contributed by atoms with Crippen LogP contribution in [0.1, 0.15) is 36.1 Å². The van der Waals surface area contributed by atoms with Crippen molar-refractivity contribution >= 4 is 45.1 Å². The van der Waals surface area contributed by atoms with Crippen LogP contribution in [0.25, 0.3) is 0 Å². The minimum atomic E-state index is -0.971. The topological polar surface area (TPSA) is 98.0 Å². The number of anilines is 1. The van der Waals surface area contributed by atoms with Crippen LogP contribution in [0.4, 0.5) is 5.69 Å². The van der Waals surface area contributed by atoms with Crippen LogP contribution in [0.15, 0.2) is 98.8 Å². The van der Waals surface area contributed by atoms with E-state index in [1.54, 1.807) is 12.1 Å². The predicted molar refractivity (Wildman–Crippen MR) is 149 cm³/mol. The molecule has 3 atom stereocenters. The molecule has 9 nitrogen and oxygen atoms in total. The van der Waals surface area contributed by atoms with Gasteiger partial charge in [-0.25, -0.2) is 9.91 Å². The molecule has 0 unspecified atom stereocenters. The summed E-state index contributed by atoms with van der Waals surface area (Å²) in [4.78, 5) is 41.3. The van der Waals surface area contributed by atoms with Gasteiger partial charge in [0.2, 0.25) is 0 Å². The van der Waals surface area contributed by atoms with Crippen molar-refractivity contribution in [3.63, 3.8) is 0 Å². The number of halogens is 1. The summed E-state index contributed by atoms with van der Waals surface area (Å²) in [5.41, 5.74) is 4.27. The van der Waals surface area contributed by atoms with E-state index in [1.165, 1.54) is 10.0 Å². The minimum Gasteiger partial charge on any atom is -0.271 e. The van der Waals surface area contributed by atoms with Crippen LogP contribution >= 0.6 is 15.9 Å². The fourth-order valence-corrected chi connectivity index (χ4v) is 5.46. The molecule has 10 heteroatoms. The van der Waals surface area contributed by atoms with Crippen LogP contribution < -0.4 is 4.90 Å². The van der Waals surface area contributed by atoms with Crippen molar-refractivity contribution in [1.29, 1.82) is 0 Å². The zero-order chi connectivity index (χ0) is 27.1. The lowest BCUT2D eigenvalue weighted by atomic mass is 9.98. The number of benzene rings is 3. The van der Waals surface area contributed by atoms with E-state index in [4.69, 9.17) is 5.10 Å². The highest BCUT2D eigenvalue weighted by Crippen LogP contribution is 2.35. The van der Waals surface area contributed by atoms with Crippen molar-refractivity contribution in [2.24, 2.45) is 15.4 Å². The summed E-state index contributed by atoms with van der Waals surface area (Å²) in [7, 11) is 0. The smallest absolute Gasteiger partial charge is 0.264 e. The van der Waals surface area contributed by atoms with Gasteiger partial charge in [-0.3, -0.25) is 19.4 Å². The van der Waals surface area contributed by atoms with E-state index in [1.807, 2.05) is 73.7 Å². The molecule has 6 rings (SSSR count). The molecule has 0 aromatic heterocycles. The molecule has 1 saturated heterocycles. The Morgan fingerprint density at radius 1 is 0.949 bits per heavy atom. The molecule has 0 spiro atoms. The number of aryl methyl sites for hydroxylation is 1. The zero-order valence-electron chi connectivity index (χ0n) is 21.1. The van der Waals surface area contributed by atoms with Crippen LogP contribution in [0.3, 0.4) is 0 Å². The molecule has 3 heterocycles. The van der Waals surface area contributed by atoms with E-state index in [0.717, 1.165) is 38.2 Å². The molecule has 196 valence electrons. The van der Waals surface area contributed by atoms with Gasteiger partial charge in [0.25, 0.3) is 17.7 Å². The number of rotatable bonds is 6. The van der Waals surface area contributed by atoms with Gasteiger partial charge < -0.3 is 0 Å². The van der Waals surface area contributed by atoms with Gasteiger partial charge in [-0.1, -0.05) is 82.7 Å². The number of hydrogen-bond donors (Lipinski definition) is 0. The van der Waals surface area contributed by atoms with Gasteiger partial charge in [-0.2, -0.15) is 10.2 Å². The maximum absolute atomic E-state index is 13.7. The third-order valence-electron chi connectivity index (χ3n) is 7.29. The number of carbonyl (C=O) groups is 3. The van der Waals surface area contributed by atoms with E-state index in [2.05, 4.69) is 26.3 Å². The van der Waals surface area contributed by atoms with E-state index in [9.17, 15) is 14.4 Å². The van der Waals surface area contributed by atoms with E-state index < -0.39 is 23.9 Å². The average Bonchev–Trinajstić information content (AvgIpc) is 3.65. The Morgan fingerprint density at radius 3 is 2.36 bits per heavy atom. The molecule has 39 heavy (non-hydrogen) atoms. The first kappa shape index (κ1) is 25.1. The first-order chi connectivity index (χ1) is 18.9. The summed E-state index contributed by atoms with van der Waals surface area (Å²) >= 11 is 3.46. The summed E-state index contributed by atoms with van der Waals surface area (Å²) in [6, 6.07) is 22.6. The summed E-state index contributed by atoms with van der Waals surface area (Å²) in [5.74, 6) is -1.21. The van der Waals surface area contributed by atoms with E-state index >= 15 is 0 Å². The third-order valence-corrected chi connectivity index (χ3v) is 7.81. The van der Waals surface area contributed by atoms with Crippen molar-refractivity contribution in [1.82, 2.24) is 10.0 Å². The van der Waals surface area contributed by atoms with Crippen molar-refractivity contribution in [3.05, 3.63) is 100 Å². The first-order valence-corrected chi connectivity index (χ1v) is 13.6. The molecule has 0 bridgehead atoms. The molecule has 0 N–H and O–H groups in total. The number of fused-ring (bicyclic) bond motifs is 1. The second kappa shape index (κ2) is 10.2. The minimum absolute atomic E-state index is 0.229. The first-order valence-electron chi connectivity index (χ1n) is 12.8. The normalized spacial score (nSPS) is 22.1. The summed E-state index contributed by atoms with van der Waals surface area (Å²) in [6.45, 7) is 1.81. The van der Waals surface area contributed by atoms with Gasteiger partial charge in [-0.15, -0.1) is 0 Å². The summed E-state index contributed by atoms with van der Waals surface area (Å²) < 4.78 is 0.956. The standard InChI is InChI=1S/C29H25BrN6O3/c1-2-18-8-14-22(15-9-18)35-28(38)26-27(29(35)39)34(33-31-26)17-25(37)36-24(20-6-4-3-5-7-20)16-23(32-36)19-10-12-21(30)13-11-19/h3-15,24,26-27H,2,16-17H2,1H3/t24-,26+,27+/m1/s1. The Kier molecular flexibility index (Phi) is 6.56. The highest BCUT2D eigenvalue weighted by Gasteiger charge is 2.55. The molecule has 3 aliphatic rings. The van der Waals surface area contributed by atoms with Crippen molar-refractivity contribution in [2.75, 3.05) is 11.4 Å². The number of nitrogens with zero attached hydrogens (tertiary/aromatic N) is 6. The third kappa shape index (κ3) is 4.54. The Labute approximate surface area is 233 Å². The lowest BCUT2D eigenvalue weighted by Gasteiger charge is -2.25. The quantitative estimate of drug-likeness (QED) is 0.393. The molecule has 1 fully saturated rings. The van der Waals surface area contributed by atoms with Crippen LogP contribution in [-0.2, 0) is 20.8 Å². The van der Waals surface area contributed by atoms with Gasteiger partial charge in [0.15, 0.2) is 12.1 Å². The fraction of sp³-hybridized carbons (Fsp3) is 0.241. The molecule has 3 aliphatic heterocycles. The van der Waals surface area contributed by atoms with Crippen LogP contribution in [0.2, 0.25) is 0 Å². The molecule has 3 aromatic rings. The molecule has 0 radical (unpaired) electrons. The number of imide groups is 1. The molecule has 3 amide bonds. The second-order valence-corrected chi connectivity index (χ2v) is 10.6. The molecule has 0 aliphatic carbocycles. The zero-order valence-corrected chi connectivity index (χ0v) is 22.7. The van der Waals surface area contributed by atoms with Gasteiger partial charge in [-0.05, 0) is 47.4 Å². The summed E-state index contributed by atoms with van der Waals surface area (Å²) in [5, 5.41) is 15.6. The average molecular weight is 585 g/mol. The Bertz CT molecular complexity index is 1490. The van der Waals surface area contributed by atoms with Crippen molar-refractivity contribution < 1.29 is 14.4 Å². The van der Waals surface area contributed by atoms with Crippen molar-refractivity contribution in [2.45, 2.75) is 37.9 Å². The number of hydrazone groups is 1. The Hall–Kier alpha value is -4.18. The lowest BCUT2D eigenvalue weighted by molar-refractivity contribution is -0.135. The van der Waals surface area contributed by atoms with Crippen LogP contribution in [0, 0.1) is 0 Å². The fourth-order valence-electron chi connectivity index (χ4n) is 5.19. The SMILES string of the molecule is CCc1ccc(N2C(=O)[C@H]3N=NN(CC(=O)N4N=C(c5ccc(Br)cc5)C[C@@H]4c4ccccc4)[C@@H]3C2=O)cc1.